The van der Waals surface area contributed by atoms with E-state index in [-0.39, 0.29) is 0 Å². The highest BCUT2D eigenvalue weighted by Crippen LogP contribution is 2.49. The standard InChI is InChI=1S/C19H36N2/c1-2-15-21(16-17-7-13-20-14-8-17)18-5-11-19(12-6-18)9-3-4-10-19/h17-18,20H,2-16H2,1H3. The zero-order valence-corrected chi connectivity index (χ0v) is 14.2. The summed E-state index contributed by atoms with van der Waals surface area (Å²) in [6.07, 6.45) is 16.3. The van der Waals surface area contributed by atoms with E-state index >= 15 is 0 Å². The average Bonchev–Trinajstić information content (AvgIpc) is 2.97. The molecule has 0 unspecified atom stereocenters. The molecule has 1 aliphatic heterocycles. The van der Waals surface area contributed by atoms with E-state index in [0.29, 0.717) is 0 Å². The molecule has 2 nitrogen and oxygen atoms in total. The summed E-state index contributed by atoms with van der Waals surface area (Å²) in [5.74, 6) is 0.958. The van der Waals surface area contributed by atoms with E-state index in [2.05, 4.69) is 17.1 Å². The lowest BCUT2D eigenvalue weighted by atomic mass is 9.71. The normalized spacial score (nSPS) is 27.7. The molecule has 1 saturated heterocycles. The van der Waals surface area contributed by atoms with Crippen LogP contribution in [-0.2, 0) is 0 Å². The Bertz CT molecular complexity index is 293. The van der Waals surface area contributed by atoms with Crippen molar-refractivity contribution in [2.75, 3.05) is 26.2 Å². The SMILES string of the molecule is CCCN(CC1CCNCC1)C1CCC2(CCCC2)CC1. The molecule has 1 N–H and O–H groups in total. The van der Waals surface area contributed by atoms with E-state index in [1.165, 1.54) is 84.0 Å². The first-order chi connectivity index (χ1) is 10.3. The van der Waals surface area contributed by atoms with Crippen molar-refractivity contribution in [2.45, 2.75) is 83.6 Å². The van der Waals surface area contributed by atoms with E-state index in [1.807, 2.05) is 0 Å². The fraction of sp³-hybridized carbons (Fsp3) is 1.00. The highest BCUT2D eigenvalue weighted by Gasteiger charge is 2.38. The lowest BCUT2D eigenvalue weighted by molar-refractivity contribution is 0.0750. The third-order valence-corrected chi connectivity index (χ3v) is 6.66. The summed E-state index contributed by atoms with van der Waals surface area (Å²) >= 11 is 0. The van der Waals surface area contributed by atoms with Gasteiger partial charge in [-0.3, -0.25) is 0 Å². The minimum atomic E-state index is 0.795. The molecule has 3 aliphatic rings. The molecule has 2 heteroatoms. The van der Waals surface area contributed by atoms with Crippen LogP contribution >= 0.6 is 0 Å². The Morgan fingerprint density at radius 1 is 0.952 bits per heavy atom. The van der Waals surface area contributed by atoms with Gasteiger partial charge in [0.05, 0.1) is 0 Å². The largest absolute Gasteiger partial charge is 0.317 e. The van der Waals surface area contributed by atoms with Gasteiger partial charge in [-0.25, -0.2) is 0 Å². The summed E-state index contributed by atoms with van der Waals surface area (Å²) in [7, 11) is 0. The van der Waals surface area contributed by atoms with Crippen molar-refractivity contribution in [2.24, 2.45) is 11.3 Å². The lowest BCUT2D eigenvalue weighted by Crippen LogP contribution is -2.44. The number of rotatable bonds is 5. The Morgan fingerprint density at radius 3 is 2.24 bits per heavy atom. The van der Waals surface area contributed by atoms with E-state index in [9.17, 15) is 0 Å². The molecule has 2 aliphatic carbocycles. The molecule has 21 heavy (non-hydrogen) atoms. The van der Waals surface area contributed by atoms with Gasteiger partial charge in [0, 0.05) is 12.6 Å². The van der Waals surface area contributed by atoms with Crippen molar-refractivity contribution in [3.63, 3.8) is 0 Å². The third-order valence-electron chi connectivity index (χ3n) is 6.66. The van der Waals surface area contributed by atoms with E-state index < -0.39 is 0 Å². The maximum Gasteiger partial charge on any atom is 0.00957 e. The molecular formula is C19H36N2. The van der Waals surface area contributed by atoms with Gasteiger partial charge in [0.25, 0.3) is 0 Å². The monoisotopic (exact) mass is 292 g/mol. The highest BCUT2D eigenvalue weighted by molar-refractivity contribution is 4.92. The maximum atomic E-state index is 3.51. The fourth-order valence-corrected chi connectivity index (χ4v) is 5.31. The lowest BCUT2D eigenvalue weighted by Gasteiger charge is -2.43. The predicted octanol–water partition coefficient (Wildman–Crippen LogP) is 4.20. The zero-order valence-electron chi connectivity index (χ0n) is 14.2. The number of hydrogen-bond donors (Lipinski definition) is 1. The minimum absolute atomic E-state index is 0.795. The van der Waals surface area contributed by atoms with Crippen LogP contribution in [0, 0.1) is 11.3 Å². The van der Waals surface area contributed by atoms with Crippen LogP contribution in [0.5, 0.6) is 0 Å². The second kappa shape index (κ2) is 7.46. The molecule has 0 aromatic heterocycles. The molecule has 122 valence electrons. The first-order valence-electron chi connectivity index (χ1n) is 9.76. The first kappa shape index (κ1) is 15.8. The molecule has 1 spiro atoms. The van der Waals surface area contributed by atoms with Crippen LogP contribution in [0.25, 0.3) is 0 Å². The number of piperidine rings is 1. The molecule has 1 heterocycles. The Labute approximate surface area is 132 Å². The summed E-state index contributed by atoms with van der Waals surface area (Å²) in [5.41, 5.74) is 0.795. The van der Waals surface area contributed by atoms with Crippen molar-refractivity contribution in [1.82, 2.24) is 10.2 Å². The molecule has 0 radical (unpaired) electrons. The highest BCUT2D eigenvalue weighted by atomic mass is 15.2. The second-order valence-corrected chi connectivity index (χ2v) is 8.13. The van der Waals surface area contributed by atoms with Crippen molar-refractivity contribution in [3.05, 3.63) is 0 Å². The van der Waals surface area contributed by atoms with E-state index in [0.717, 1.165) is 17.4 Å². The Balaban J connectivity index is 1.51. The van der Waals surface area contributed by atoms with Gasteiger partial charge < -0.3 is 10.2 Å². The Morgan fingerprint density at radius 2 is 1.62 bits per heavy atom. The summed E-state index contributed by atoms with van der Waals surface area (Å²) in [5, 5.41) is 3.51. The van der Waals surface area contributed by atoms with Crippen LogP contribution < -0.4 is 5.32 Å². The second-order valence-electron chi connectivity index (χ2n) is 8.13. The molecule has 2 saturated carbocycles. The van der Waals surface area contributed by atoms with Gasteiger partial charge in [0.15, 0.2) is 0 Å². The smallest absolute Gasteiger partial charge is 0.00957 e. The Hall–Kier alpha value is -0.0800. The van der Waals surface area contributed by atoms with Crippen LogP contribution in [0.4, 0.5) is 0 Å². The topological polar surface area (TPSA) is 15.3 Å². The van der Waals surface area contributed by atoms with Crippen molar-refractivity contribution in [1.29, 1.82) is 0 Å². The van der Waals surface area contributed by atoms with Crippen LogP contribution in [0.1, 0.15) is 77.6 Å². The maximum absolute atomic E-state index is 3.51. The van der Waals surface area contributed by atoms with E-state index in [1.54, 1.807) is 12.8 Å². The molecule has 0 aromatic rings. The molecule has 0 bridgehead atoms. The molecular weight excluding hydrogens is 256 g/mol. The molecule has 0 amide bonds. The fourth-order valence-electron chi connectivity index (χ4n) is 5.31. The number of hydrogen-bond acceptors (Lipinski definition) is 2. The van der Waals surface area contributed by atoms with Crippen molar-refractivity contribution < 1.29 is 0 Å². The molecule has 3 rings (SSSR count). The summed E-state index contributed by atoms with van der Waals surface area (Å²) in [4.78, 5) is 2.89. The first-order valence-corrected chi connectivity index (χ1v) is 9.76. The Kier molecular flexibility index (Phi) is 5.61. The number of nitrogens with zero attached hydrogens (tertiary/aromatic N) is 1. The van der Waals surface area contributed by atoms with Crippen molar-refractivity contribution >= 4 is 0 Å². The molecule has 0 aromatic carbocycles. The quantitative estimate of drug-likeness (QED) is 0.817. The van der Waals surface area contributed by atoms with Crippen LogP contribution in [0.2, 0.25) is 0 Å². The van der Waals surface area contributed by atoms with Crippen LogP contribution in [-0.4, -0.2) is 37.1 Å². The van der Waals surface area contributed by atoms with Crippen molar-refractivity contribution in [3.8, 4) is 0 Å². The van der Waals surface area contributed by atoms with E-state index in [4.69, 9.17) is 0 Å². The van der Waals surface area contributed by atoms with Gasteiger partial charge in [0.1, 0.15) is 0 Å². The third kappa shape index (κ3) is 4.01. The zero-order chi connectivity index (χ0) is 14.5. The van der Waals surface area contributed by atoms with Gasteiger partial charge in [-0.2, -0.15) is 0 Å². The van der Waals surface area contributed by atoms with Gasteiger partial charge in [0.2, 0.25) is 0 Å². The molecule has 0 atom stereocenters. The average molecular weight is 293 g/mol. The van der Waals surface area contributed by atoms with Crippen LogP contribution in [0.3, 0.4) is 0 Å². The number of nitrogens with one attached hydrogen (secondary N) is 1. The summed E-state index contributed by atoms with van der Waals surface area (Å²) < 4.78 is 0. The predicted molar refractivity (Wildman–Crippen MR) is 90.6 cm³/mol. The summed E-state index contributed by atoms with van der Waals surface area (Å²) in [6.45, 7) is 7.57. The molecule has 3 fully saturated rings. The van der Waals surface area contributed by atoms with Gasteiger partial charge in [-0.05, 0) is 88.8 Å². The summed E-state index contributed by atoms with van der Waals surface area (Å²) in [6, 6.07) is 0.908. The van der Waals surface area contributed by atoms with Gasteiger partial charge in [-0.15, -0.1) is 0 Å². The van der Waals surface area contributed by atoms with Crippen LogP contribution in [0.15, 0.2) is 0 Å². The van der Waals surface area contributed by atoms with Gasteiger partial charge in [-0.1, -0.05) is 19.8 Å². The van der Waals surface area contributed by atoms with Gasteiger partial charge >= 0.3 is 0 Å². The minimum Gasteiger partial charge on any atom is -0.317 e.